The zero-order valence-electron chi connectivity index (χ0n) is 36.6. The molecule has 3 aromatic carbocycles. The number of imide groups is 1. The van der Waals surface area contributed by atoms with Gasteiger partial charge in [0.15, 0.2) is 11.5 Å². The van der Waals surface area contributed by atoms with Gasteiger partial charge in [-0.15, -0.1) is 10.2 Å². The Labute approximate surface area is 378 Å². The van der Waals surface area contributed by atoms with Gasteiger partial charge in [0.1, 0.15) is 6.04 Å². The van der Waals surface area contributed by atoms with Gasteiger partial charge < -0.3 is 35.6 Å². The Kier molecular flexibility index (Phi) is 11.8. The van der Waals surface area contributed by atoms with Crippen molar-refractivity contribution in [2.45, 2.75) is 75.9 Å². The van der Waals surface area contributed by atoms with Crippen LogP contribution in [0.25, 0.3) is 0 Å². The number of carbonyl (C=O) groups is 5. The molecule has 338 valence electrons. The minimum absolute atomic E-state index is 0.000875. The number of nitrogens with one attached hydrogen (secondary N) is 2. The highest BCUT2D eigenvalue weighted by atomic mass is 16.2. The van der Waals surface area contributed by atoms with Gasteiger partial charge in [0.05, 0.1) is 6.04 Å². The SMILES string of the molecule is NC(=O)c1nnc(N2CCCC(N3CCN(c4ccccc4)C3=O)C2)nc1Nc1ccc(C2CCN(CC3CCN(c4ccc5c(c4)CN(C4CCC(=O)NC4=O)C5=O)CC3)CC2)cc1. The number of aromatic nitrogens is 3. The molecule has 4 N–H and O–H groups in total. The van der Waals surface area contributed by atoms with E-state index < -0.39 is 11.9 Å². The van der Waals surface area contributed by atoms with E-state index in [0.29, 0.717) is 62.5 Å². The van der Waals surface area contributed by atoms with E-state index >= 15 is 0 Å². The highest BCUT2D eigenvalue weighted by Gasteiger charge is 2.40. The summed E-state index contributed by atoms with van der Waals surface area (Å²) in [4.78, 5) is 80.5. The van der Waals surface area contributed by atoms with Gasteiger partial charge >= 0.3 is 6.03 Å². The van der Waals surface area contributed by atoms with Gasteiger partial charge in [0.2, 0.25) is 17.8 Å². The molecule has 0 saturated carbocycles. The van der Waals surface area contributed by atoms with Crippen LogP contribution < -0.4 is 31.1 Å². The third-order valence-electron chi connectivity index (χ3n) is 14.4. The number of piperidine rings is 4. The lowest BCUT2D eigenvalue weighted by atomic mass is 9.88. The molecule has 6 aliphatic rings. The fourth-order valence-electron chi connectivity index (χ4n) is 10.8. The van der Waals surface area contributed by atoms with E-state index in [9.17, 15) is 24.0 Å². The standard InChI is InChI=1S/C48H56N12O5/c49-43(62)42-44(52-47(54-53-42)57-20-4-7-38(30-57)59-26-25-58(48(59)65)36-5-2-1-3-6-36)50-35-10-8-32(9-11-35)33-18-21-55(22-19-33)28-31-16-23-56(24-17-31)37-12-13-39-34(27-37)29-60(46(39)64)40-14-15-41(61)51-45(40)63/h1-3,5-6,8-13,27,31,33,38,40H,4,7,14-26,28-30H2,(H2,49,62)(H,50,52,54)(H,51,61,63). The summed E-state index contributed by atoms with van der Waals surface area (Å²) in [5.74, 6) is 0.220. The van der Waals surface area contributed by atoms with E-state index in [-0.39, 0.29) is 47.7 Å². The van der Waals surface area contributed by atoms with E-state index in [1.165, 1.54) is 5.56 Å². The molecule has 7 heterocycles. The van der Waals surface area contributed by atoms with Gasteiger partial charge in [-0.25, -0.2) is 4.79 Å². The third-order valence-corrected chi connectivity index (χ3v) is 14.4. The molecular weight excluding hydrogens is 825 g/mol. The Morgan fingerprint density at radius 2 is 1.55 bits per heavy atom. The zero-order chi connectivity index (χ0) is 44.6. The number of carbonyl (C=O) groups excluding carboxylic acids is 5. The number of anilines is 5. The normalized spacial score (nSPS) is 22.4. The number of para-hydroxylation sites is 1. The summed E-state index contributed by atoms with van der Waals surface area (Å²) in [5, 5.41) is 14.2. The van der Waals surface area contributed by atoms with Crippen LogP contribution in [0.4, 0.5) is 33.6 Å². The van der Waals surface area contributed by atoms with Crippen LogP contribution in [0, 0.1) is 5.92 Å². The maximum atomic E-state index is 13.5. The molecule has 0 bridgehead atoms. The number of nitrogens with two attached hydrogens (primary N) is 1. The highest BCUT2D eigenvalue weighted by Crippen LogP contribution is 2.35. The number of benzene rings is 3. The monoisotopic (exact) mass is 880 g/mol. The van der Waals surface area contributed by atoms with Crippen molar-refractivity contribution in [3.8, 4) is 0 Å². The summed E-state index contributed by atoms with van der Waals surface area (Å²) in [6.45, 7) is 8.10. The smallest absolute Gasteiger partial charge is 0.324 e. The number of fused-ring (bicyclic) bond motifs is 1. The fraction of sp³-hybridized carbons (Fsp3) is 0.458. The first kappa shape index (κ1) is 42.3. The summed E-state index contributed by atoms with van der Waals surface area (Å²) >= 11 is 0. The zero-order valence-corrected chi connectivity index (χ0v) is 36.6. The number of amides is 6. The molecule has 0 spiro atoms. The van der Waals surface area contributed by atoms with Crippen molar-refractivity contribution in [3.63, 3.8) is 0 Å². The van der Waals surface area contributed by atoms with Gasteiger partial charge in [0.25, 0.3) is 11.8 Å². The van der Waals surface area contributed by atoms with Gasteiger partial charge in [-0.3, -0.25) is 29.4 Å². The molecule has 2 unspecified atom stereocenters. The van der Waals surface area contributed by atoms with Crippen molar-refractivity contribution in [1.29, 1.82) is 0 Å². The van der Waals surface area contributed by atoms with Crippen LogP contribution in [-0.2, 0) is 16.1 Å². The van der Waals surface area contributed by atoms with Crippen LogP contribution in [0.3, 0.4) is 0 Å². The van der Waals surface area contributed by atoms with E-state index in [2.05, 4.69) is 48.8 Å². The Bertz CT molecular complexity index is 2450. The predicted molar refractivity (Wildman–Crippen MR) is 245 cm³/mol. The first-order chi connectivity index (χ1) is 31.6. The van der Waals surface area contributed by atoms with Gasteiger partial charge in [0, 0.05) is 81.4 Å². The quantitative estimate of drug-likeness (QED) is 0.179. The Morgan fingerprint density at radius 3 is 2.31 bits per heavy atom. The molecule has 5 fully saturated rings. The molecule has 2 atom stereocenters. The predicted octanol–water partition coefficient (Wildman–Crippen LogP) is 4.48. The summed E-state index contributed by atoms with van der Waals surface area (Å²) in [6, 6.07) is 23.5. The Morgan fingerprint density at radius 1 is 0.769 bits per heavy atom. The minimum Gasteiger partial charge on any atom is -0.372 e. The maximum absolute atomic E-state index is 13.5. The van der Waals surface area contributed by atoms with E-state index in [1.807, 2.05) is 69.3 Å². The van der Waals surface area contributed by atoms with Crippen molar-refractivity contribution in [2.24, 2.45) is 11.7 Å². The third kappa shape index (κ3) is 8.80. The van der Waals surface area contributed by atoms with Crippen molar-refractivity contribution in [2.75, 3.05) is 78.9 Å². The molecule has 65 heavy (non-hydrogen) atoms. The summed E-state index contributed by atoms with van der Waals surface area (Å²) < 4.78 is 0. The first-order valence-electron chi connectivity index (χ1n) is 23.2. The molecule has 0 aliphatic carbocycles. The molecule has 0 radical (unpaired) electrons. The maximum Gasteiger partial charge on any atom is 0.324 e. The Balaban J connectivity index is 0.697. The first-order valence-corrected chi connectivity index (χ1v) is 23.2. The lowest BCUT2D eigenvalue weighted by molar-refractivity contribution is -0.136. The van der Waals surface area contributed by atoms with Crippen LogP contribution in [0.5, 0.6) is 0 Å². The second-order valence-corrected chi connectivity index (χ2v) is 18.4. The number of nitrogens with zero attached hydrogens (tertiary/aromatic N) is 9. The van der Waals surface area contributed by atoms with Crippen LogP contribution in [-0.4, -0.2) is 131 Å². The number of hydrogen-bond acceptors (Lipinski definition) is 12. The summed E-state index contributed by atoms with van der Waals surface area (Å²) in [5.41, 5.74) is 11.4. The van der Waals surface area contributed by atoms with Crippen LogP contribution in [0.15, 0.2) is 72.8 Å². The minimum atomic E-state index is -0.715. The molecule has 6 aliphatic heterocycles. The van der Waals surface area contributed by atoms with Crippen molar-refractivity contribution >= 4 is 58.5 Å². The second kappa shape index (κ2) is 18.1. The molecule has 17 nitrogen and oxygen atoms in total. The lowest BCUT2D eigenvalue weighted by Crippen LogP contribution is -2.52. The van der Waals surface area contributed by atoms with Gasteiger partial charge in [-0.2, -0.15) is 4.98 Å². The Hall–Kier alpha value is -6.62. The molecule has 10 rings (SSSR count). The van der Waals surface area contributed by atoms with Gasteiger partial charge in [-0.05, 0) is 123 Å². The molecule has 6 amide bonds. The van der Waals surface area contributed by atoms with Crippen molar-refractivity contribution < 1.29 is 24.0 Å². The largest absolute Gasteiger partial charge is 0.372 e. The van der Waals surface area contributed by atoms with Crippen LogP contribution >= 0.6 is 0 Å². The number of rotatable bonds is 11. The van der Waals surface area contributed by atoms with E-state index in [4.69, 9.17) is 10.7 Å². The lowest BCUT2D eigenvalue weighted by Gasteiger charge is -2.38. The molecule has 5 saturated heterocycles. The average molecular weight is 881 g/mol. The number of primary amides is 1. The number of hydrogen-bond donors (Lipinski definition) is 3. The number of likely N-dealkylation sites (tertiary alicyclic amines) is 1. The van der Waals surface area contributed by atoms with E-state index in [0.717, 1.165) is 93.9 Å². The molecule has 4 aromatic rings. The topological polar surface area (TPSA) is 194 Å². The van der Waals surface area contributed by atoms with Crippen LogP contribution in [0.1, 0.15) is 89.3 Å². The second-order valence-electron chi connectivity index (χ2n) is 18.4. The van der Waals surface area contributed by atoms with E-state index in [1.54, 1.807) is 4.90 Å². The van der Waals surface area contributed by atoms with Crippen LogP contribution in [0.2, 0.25) is 0 Å². The molecule has 17 heteroatoms. The summed E-state index contributed by atoms with van der Waals surface area (Å²) in [7, 11) is 0. The van der Waals surface area contributed by atoms with Crippen molar-refractivity contribution in [1.82, 2.24) is 35.2 Å². The average Bonchev–Trinajstić information content (AvgIpc) is 3.88. The highest BCUT2D eigenvalue weighted by molar-refractivity contribution is 6.05. The summed E-state index contributed by atoms with van der Waals surface area (Å²) in [6.07, 6.45) is 6.76. The molecular formula is C48H56N12O5. The fourth-order valence-corrected chi connectivity index (χ4v) is 10.8. The molecule has 1 aromatic heterocycles. The van der Waals surface area contributed by atoms with Gasteiger partial charge in [-0.1, -0.05) is 30.3 Å². The van der Waals surface area contributed by atoms with Crippen molar-refractivity contribution in [3.05, 3.63) is 95.2 Å². The number of urea groups is 1.